The summed E-state index contributed by atoms with van der Waals surface area (Å²) in [6, 6.07) is 10.2. The minimum atomic E-state index is -0.612. The molecule has 0 aliphatic rings. The predicted molar refractivity (Wildman–Crippen MR) is 113 cm³/mol. The van der Waals surface area contributed by atoms with Crippen LogP contribution >= 0.6 is 23.2 Å². The number of non-ortho nitro benzene ring substituents is 1. The van der Waals surface area contributed by atoms with Gasteiger partial charge in [0.15, 0.2) is 0 Å². The Balaban J connectivity index is 1.72. The molecule has 156 valence electrons. The molecule has 0 saturated carbocycles. The number of hydrogen-bond donors (Lipinski definition) is 3. The average molecular weight is 451 g/mol. The van der Waals surface area contributed by atoms with Crippen molar-refractivity contribution in [3.05, 3.63) is 74.3 Å². The number of nitrogens with one attached hydrogen (secondary N) is 3. The standard InChI is InChI=1S/C19H16Cl2N4O5/c20-13-4-7-16(15(21)11-13)22-17(26)9-10-19(28)24-23-18(27)8-3-12-1-5-14(6-2-12)25(29)30/h1-8,11H,9-10H2,(H,22,26)(H,23,27)(H,24,28)/b8-3+. The van der Waals surface area contributed by atoms with Gasteiger partial charge < -0.3 is 5.32 Å². The summed E-state index contributed by atoms with van der Waals surface area (Å²) in [5, 5.41) is 13.8. The van der Waals surface area contributed by atoms with Crippen LogP contribution in [0, 0.1) is 10.1 Å². The summed E-state index contributed by atoms with van der Waals surface area (Å²) in [6.07, 6.45) is 2.29. The van der Waals surface area contributed by atoms with Gasteiger partial charge in [-0.3, -0.25) is 35.3 Å². The van der Waals surface area contributed by atoms with Crippen LogP contribution in [0.1, 0.15) is 18.4 Å². The number of hydrogen-bond acceptors (Lipinski definition) is 5. The Morgan fingerprint density at radius 2 is 1.63 bits per heavy atom. The highest BCUT2D eigenvalue weighted by Crippen LogP contribution is 2.25. The zero-order chi connectivity index (χ0) is 22.1. The maximum absolute atomic E-state index is 11.9. The van der Waals surface area contributed by atoms with Crippen LogP contribution in [-0.4, -0.2) is 22.6 Å². The molecule has 0 heterocycles. The average Bonchev–Trinajstić information content (AvgIpc) is 2.71. The first kappa shape index (κ1) is 22.9. The Labute approximate surface area is 181 Å². The van der Waals surface area contributed by atoms with Crippen LogP contribution in [0.25, 0.3) is 6.08 Å². The second-order valence-corrected chi connectivity index (χ2v) is 6.74. The van der Waals surface area contributed by atoms with Crippen molar-refractivity contribution in [2.45, 2.75) is 12.8 Å². The van der Waals surface area contributed by atoms with Crippen LogP contribution < -0.4 is 16.2 Å². The number of rotatable bonds is 7. The second kappa shape index (κ2) is 10.9. The lowest BCUT2D eigenvalue weighted by molar-refractivity contribution is -0.384. The van der Waals surface area contributed by atoms with Gasteiger partial charge in [-0.2, -0.15) is 0 Å². The van der Waals surface area contributed by atoms with Gasteiger partial charge in [0.05, 0.1) is 15.6 Å². The van der Waals surface area contributed by atoms with E-state index in [1.165, 1.54) is 36.4 Å². The molecular formula is C19H16Cl2N4O5. The van der Waals surface area contributed by atoms with Crippen LogP contribution in [0.2, 0.25) is 10.0 Å². The smallest absolute Gasteiger partial charge is 0.269 e. The zero-order valence-electron chi connectivity index (χ0n) is 15.4. The van der Waals surface area contributed by atoms with Crippen LogP contribution in [0.4, 0.5) is 11.4 Å². The quantitative estimate of drug-likeness (QED) is 0.337. The maximum atomic E-state index is 11.9. The van der Waals surface area contributed by atoms with E-state index in [0.717, 1.165) is 6.08 Å². The van der Waals surface area contributed by atoms with Crippen molar-refractivity contribution in [2.75, 3.05) is 5.32 Å². The molecule has 30 heavy (non-hydrogen) atoms. The zero-order valence-corrected chi connectivity index (χ0v) is 16.9. The number of benzene rings is 2. The molecule has 3 N–H and O–H groups in total. The van der Waals surface area contributed by atoms with E-state index in [9.17, 15) is 24.5 Å². The summed E-state index contributed by atoms with van der Waals surface area (Å²) in [4.78, 5) is 45.4. The molecule has 0 aliphatic heterocycles. The van der Waals surface area contributed by atoms with Crippen molar-refractivity contribution in [1.82, 2.24) is 10.9 Å². The molecule has 9 nitrogen and oxygen atoms in total. The largest absolute Gasteiger partial charge is 0.325 e. The van der Waals surface area contributed by atoms with E-state index in [0.29, 0.717) is 16.3 Å². The van der Waals surface area contributed by atoms with E-state index >= 15 is 0 Å². The summed E-state index contributed by atoms with van der Waals surface area (Å²) in [5.74, 6) is -1.61. The normalized spacial score (nSPS) is 10.5. The number of carbonyl (C=O) groups is 3. The van der Waals surface area contributed by atoms with Gasteiger partial charge in [-0.1, -0.05) is 23.2 Å². The Bertz CT molecular complexity index is 993. The third-order valence-electron chi connectivity index (χ3n) is 3.64. The molecule has 2 aromatic rings. The van der Waals surface area contributed by atoms with Gasteiger partial charge >= 0.3 is 0 Å². The van der Waals surface area contributed by atoms with Gasteiger partial charge in [-0.25, -0.2) is 0 Å². The second-order valence-electron chi connectivity index (χ2n) is 5.89. The first-order valence-electron chi connectivity index (χ1n) is 8.51. The lowest BCUT2D eigenvalue weighted by atomic mass is 10.2. The first-order valence-corrected chi connectivity index (χ1v) is 9.26. The Morgan fingerprint density at radius 3 is 2.27 bits per heavy atom. The van der Waals surface area contributed by atoms with Crippen LogP contribution in [0.3, 0.4) is 0 Å². The van der Waals surface area contributed by atoms with E-state index in [2.05, 4.69) is 16.2 Å². The molecule has 2 rings (SSSR count). The van der Waals surface area contributed by atoms with Crippen LogP contribution in [0.5, 0.6) is 0 Å². The molecule has 0 bridgehead atoms. The van der Waals surface area contributed by atoms with Gasteiger partial charge in [0.1, 0.15) is 0 Å². The monoisotopic (exact) mass is 450 g/mol. The Hall–Kier alpha value is -3.43. The molecule has 0 aliphatic carbocycles. The molecular weight excluding hydrogens is 435 g/mol. The van der Waals surface area contributed by atoms with Crippen molar-refractivity contribution in [1.29, 1.82) is 0 Å². The van der Waals surface area contributed by atoms with Gasteiger partial charge in [-0.05, 0) is 42.0 Å². The van der Waals surface area contributed by atoms with Gasteiger partial charge in [0.2, 0.25) is 11.8 Å². The fourth-order valence-electron chi connectivity index (χ4n) is 2.15. The summed E-state index contributed by atoms with van der Waals surface area (Å²) in [5.41, 5.74) is 5.23. The summed E-state index contributed by atoms with van der Waals surface area (Å²) >= 11 is 11.7. The van der Waals surface area contributed by atoms with Crippen molar-refractivity contribution in [3.63, 3.8) is 0 Å². The topological polar surface area (TPSA) is 130 Å². The number of carbonyl (C=O) groups excluding carboxylic acids is 3. The third kappa shape index (κ3) is 7.53. The Kier molecular flexibility index (Phi) is 8.33. The minimum absolute atomic E-state index is 0.0637. The highest BCUT2D eigenvalue weighted by molar-refractivity contribution is 6.36. The fraction of sp³-hybridized carbons (Fsp3) is 0.105. The molecule has 11 heteroatoms. The van der Waals surface area contributed by atoms with Crippen molar-refractivity contribution in [3.8, 4) is 0 Å². The van der Waals surface area contributed by atoms with Crippen molar-refractivity contribution in [2.24, 2.45) is 0 Å². The summed E-state index contributed by atoms with van der Waals surface area (Å²) < 4.78 is 0. The molecule has 0 radical (unpaired) electrons. The SMILES string of the molecule is O=C(/C=C/c1ccc([N+](=O)[O-])cc1)NNC(=O)CCC(=O)Nc1ccc(Cl)cc1Cl. The van der Waals surface area contributed by atoms with E-state index in [1.54, 1.807) is 12.1 Å². The molecule has 0 fully saturated rings. The van der Waals surface area contributed by atoms with Gasteiger partial charge in [0.25, 0.3) is 11.6 Å². The predicted octanol–water partition coefficient (Wildman–Crippen LogP) is 3.48. The number of nitro benzene ring substituents is 1. The first-order chi connectivity index (χ1) is 14.2. The minimum Gasteiger partial charge on any atom is -0.325 e. The number of amides is 3. The lowest BCUT2D eigenvalue weighted by Gasteiger charge is -2.08. The van der Waals surface area contributed by atoms with Crippen LogP contribution in [0.15, 0.2) is 48.5 Å². The van der Waals surface area contributed by atoms with Crippen molar-refractivity contribution < 1.29 is 19.3 Å². The third-order valence-corrected chi connectivity index (χ3v) is 4.19. The van der Waals surface area contributed by atoms with E-state index in [1.807, 2.05) is 0 Å². The number of halogens is 2. The number of hydrazine groups is 1. The highest BCUT2D eigenvalue weighted by atomic mass is 35.5. The van der Waals surface area contributed by atoms with E-state index < -0.39 is 22.6 Å². The van der Waals surface area contributed by atoms with E-state index in [4.69, 9.17) is 23.2 Å². The molecule has 0 saturated heterocycles. The van der Waals surface area contributed by atoms with Crippen molar-refractivity contribution >= 4 is 58.4 Å². The molecule has 0 atom stereocenters. The van der Waals surface area contributed by atoms with E-state index in [-0.39, 0.29) is 23.6 Å². The number of nitrogens with zero attached hydrogens (tertiary/aromatic N) is 1. The van der Waals surface area contributed by atoms with Gasteiger partial charge in [0, 0.05) is 36.1 Å². The molecule has 3 amide bonds. The fourth-order valence-corrected chi connectivity index (χ4v) is 2.60. The summed E-state index contributed by atoms with van der Waals surface area (Å²) in [7, 11) is 0. The van der Waals surface area contributed by atoms with Gasteiger partial charge in [-0.15, -0.1) is 0 Å². The highest BCUT2D eigenvalue weighted by Gasteiger charge is 2.10. The molecule has 0 unspecified atom stereocenters. The molecule has 2 aromatic carbocycles. The number of anilines is 1. The lowest BCUT2D eigenvalue weighted by Crippen LogP contribution is -2.41. The molecule has 0 aromatic heterocycles. The van der Waals surface area contributed by atoms with Crippen LogP contribution in [-0.2, 0) is 14.4 Å². The maximum Gasteiger partial charge on any atom is 0.269 e. The molecule has 0 spiro atoms. The Morgan fingerprint density at radius 1 is 0.967 bits per heavy atom. The summed E-state index contributed by atoms with van der Waals surface area (Å²) in [6.45, 7) is 0. The number of nitro groups is 1.